The van der Waals surface area contributed by atoms with Gasteiger partial charge in [-0.05, 0) is 36.2 Å². The number of sulfonamides is 1. The van der Waals surface area contributed by atoms with E-state index in [0.29, 0.717) is 5.69 Å². The van der Waals surface area contributed by atoms with Crippen LogP contribution < -0.4 is 4.31 Å². The maximum absolute atomic E-state index is 12.5. The van der Waals surface area contributed by atoms with Gasteiger partial charge < -0.3 is 5.11 Å². The fraction of sp³-hybridized carbons (Fsp3) is 0.200. The highest BCUT2D eigenvalue weighted by Crippen LogP contribution is 2.24. The standard InChI is InChI=1S/C15H17NO3S/c1-3-12-7-9-13(10-8-12)16(2)20(18,19)15-6-4-5-14(17)11-15/h4-11,17H,3H2,1-2H3. The molecule has 4 nitrogen and oxygen atoms in total. The van der Waals surface area contributed by atoms with Crippen LogP contribution in [0.2, 0.25) is 0 Å². The lowest BCUT2D eigenvalue weighted by Crippen LogP contribution is -2.26. The van der Waals surface area contributed by atoms with Crippen LogP contribution in [0.3, 0.4) is 0 Å². The Labute approximate surface area is 119 Å². The van der Waals surface area contributed by atoms with E-state index in [9.17, 15) is 13.5 Å². The molecule has 0 heterocycles. The van der Waals surface area contributed by atoms with Crippen LogP contribution in [0.1, 0.15) is 12.5 Å². The number of hydrogen-bond acceptors (Lipinski definition) is 3. The number of aryl methyl sites for hydroxylation is 1. The summed E-state index contributed by atoms with van der Waals surface area (Å²) in [6.07, 6.45) is 0.906. The van der Waals surface area contributed by atoms with E-state index in [1.54, 1.807) is 12.1 Å². The van der Waals surface area contributed by atoms with Crippen LogP contribution in [0.4, 0.5) is 5.69 Å². The van der Waals surface area contributed by atoms with Gasteiger partial charge in [-0.1, -0.05) is 25.1 Å². The smallest absolute Gasteiger partial charge is 0.264 e. The van der Waals surface area contributed by atoms with Gasteiger partial charge in [0.25, 0.3) is 10.0 Å². The van der Waals surface area contributed by atoms with E-state index in [1.807, 2.05) is 19.1 Å². The fourth-order valence-electron chi connectivity index (χ4n) is 1.88. The van der Waals surface area contributed by atoms with Crippen molar-refractivity contribution < 1.29 is 13.5 Å². The SMILES string of the molecule is CCc1ccc(N(C)S(=O)(=O)c2cccc(O)c2)cc1. The molecular formula is C15H17NO3S. The van der Waals surface area contributed by atoms with Crippen molar-refractivity contribution in [2.24, 2.45) is 0 Å². The van der Waals surface area contributed by atoms with E-state index in [0.717, 1.165) is 12.0 Å². The molecule has 0 spiro atoms. The normalized spacial score (nSPS) is 11.3. The third-order valence-corrected chi connectivity index (χ3v) is 4.97. The van der Waals surface area contributed by atoms with Crippen molar-refractivity contribution in [3.8, 4) is 5.75 Å². The second kappa shape index (κ2) is 5.54. The van der Waals surface area contributed by atoms with Crippen LogP contribution in [0.25, 0.3) is 0 Å². The molecule has 0 saturated carbocycles. The van der Waals surface area contributed by atoms with Crippen molar-refractivity contribution in [2.45, 2.75) is 18.2 Å². The Morgan fingerprint density at radius 1 is 1.10 bits per heavy atom. The predicted octanol–water partition coefficient (Wildman–Crippen LogP) is 2.78. The molecule has 0 aromatic heterocycles. The molecule has 0 aliphatic heterocycles. The second-order valence-electron chi connectivity index (χ2n) is 4.49. The summed E-state index contributed by atoms with van der Waals surface area (Å²) < 4.78 is 26.1. The molecule has 0 fully saturated rings. The molecule has 5 heteroatoms. The first kappa shape index (κ1) is 14.4. The number of aromatic hydroxyl groups is 1. The summed E-state index contributed by atoms with van der Waals surface area (Å²) in [6, 6.07) is 13.0. The number of rotatable bonds is 4. The van der Waals surface area contributed by atoms with E-state index >= 15 is 0 Å². The Kier molecular flexibility index (Phi) is 3.99. The minimum atomic E-state index is -3.66. The van der Waals surface area contributed by atoms with E-state index in [2.05, 4.69) is 0 Å². The number of nitrogens with zero attached hydrogens (tertiary/aromatic N) is 1. The molecule has 0 saturated heterocycles. The maximum Gasteiger partial charge on any atom is 0.264 e. The minimum Gasteiger partial charge on any atom is -0.508 e. The quantitative estimate of drug-likeness (QED) is 0.942. The van der Waals surface area contributed by atoms with E-state index in [-0.39, 0.29) is 10.6 Å². The van der Waals surface area contributed by atoms with Gasteiger partial charge in [0.2, 0.25) is 0 Å². The molecule has 2 rings (SSSR count). The molecule has 0 radical (unpaired) electrons. The van der Waals surface area contributed by atoms with Gasteiger partial charge in [-0.3, -0.25) is 4.31 Å². The average molecular weight is 291 g/mol. The first-order chi connectivity index (χ1) is 9.45. The maximum atomic E-state index is 12.5. The van der Waals surface area contributed by atoms with Gasteiger partial charge in [-0.2, -0.15) is 0 Å². The van der Waals surface area contributed by atoms with Crippen molar-refractivity contribution in [1.29, 1.82) is 0 Å². The zero-order chi connectivity index (χ0) is 14.8. The zero-order valence-corrected chi connectivity index (χ0v) is 12.3. The largest absolute Gasteiger partial charge is 0.508 e. The van der Waals surface area contributed by atoms with Gasteiger partial charge in [-0.15, -0.1) is 0 Å². The zero-order valence-electron chi connectivity index (χ0n) is 11.4. The number of hydrogen-bond donors (Lipinski definition) is 1. The number of phenols is 1. The van der Waals surface area contributed by atoms with Crippen LogP contribution in [0.5, 0.6) is 5.75 Å². The van der Waals surface area contributed by atoms with Gasteiger partial charge in [0.05, 0.1) is 10.6 Å². The number of anilines is 1. The summed E-state index contributed by atoms with van der Waals surface area (Å²) in [5.41, 5.74) is 1.74. The van der Waals surface area contributed by atoms with Gasteiger partial charge in [0.1, 0.15) is 5.75 Å². The lowest BCUT2D eigenvalue weighted by atomic mass is 10.1. The highest BCUT2D eigenvalue weighted by atomic mass is 32.2. The Morgan fingerprint density at radius 2 is 1.75 bits per heavy atom. The van der Waals surface area contributed by atoms with Gasteiger partial charge >= 0.3 is 0 Å². The summed E-state index contributed by atoms with van der Waals surface area (Å²) in [7, 11) is -2.16. The molecule has 0 atom stereocenters. The monoisotopic (exact) mass is 291 g/mol. The molecule has 106 valence electrons. The predicted molar refractivity (Wildman–Crippen MR) is 79.5 cm³/mol. The van der Waals surface area contributed by atoms with Crippen LogP contribution in [0.15, 0.2) is 53.4 Å². The van der Waals surface area contributed by atoms with Crippen LogP contribution in [-0.2, 0) is 16.4 Å². The molecule has 2 aromatic carbocycles. The van der Waals surface area contributed by atoms with Crippen molar-refractivity contribution in [3.05, 3.63) is 54.1 Å². The van der Waals surface area contributed by atoms with Crippen LogP contribution in [-0.4, -0.2) is 20.6 Å². The van der Waals surface area contributed by atoms with Crippen LogP contribution in [0, 0.1) is 0 Å². The lowest BCUT2D eigenvalue weighted by molar-refractivity contribution is 0.473. The average Bonchev–Trinajstić information content (AvgIpc) is 2.46. The highest BCUT2D eigenvalue weighted by molar-refractivity contribution is 7.92. The first-order valence-corrected chi connectivity index (χ1v) is 7.76. The second-order valence-corrected chi connectivity index (χ2v) is 6.46. The number of phenolic OH excluding ortho intramolecular Hbond substituents is 1. The van der Waals surface area contributed by atoms with Gasteiger partial charge in [0, 0.05) is 13.1 Å². The first-order valence-electron chi connectivity index (χ1n) is 6.32. The van der Waals surface area contributed by atoms with Crippen molar-refractivity contribution in [3.63, 3.8) is 0 Å². The topological polar surface area (TPSA) is 57.6 Å². The van der Waals surface area contributed by atoms with Crippen molar-refractivity contribution in [1.82, 2.24) is 0 Å². The molecule has 0 amide bonds. The molecule has 0 unspecified atom stereocenters. The summed E-state index contributed by atoms with van der Waals surface area (Å²) in [4.78, 5) is 0.0690. The van der Waals surface area contributed by atoms with E-state index < -0.39 is 10.0 Å². The van der Waals surface area contributed by atoms with E-state index in [1.165, 1.54) is 35.6 Å². The lowest BCUT2D eigenvalue weighted by Gasteiger charge is -2.19. The molecule has 0 aliphatic rings. The summed E-state index contributed by atoms with van der Waals surface area (Å²) in [5.74, 6) is -0.0687. The molecule has 2 aromatic rings. The van der Waals surface area contributed by atoms with Gasteiger partial charge in [0.15, 0.2) is 0 Å². The Bertz CT molecular complexity index is 693. The Balaban J connectivity index is 2.37. The fourth-order valence-corrected chi connectivity index (χ4v) is 3.12. The number of benzene rings is 2. The highest BCUT2D eigenvalue weighted by Gasteiger charge is 2.21. The third-order valence-electron chi connectivity index (χ3n) is 3.18. The van der Waals surface area contributed by atoms with E-state index in [4.69, 9.17) is 0 Å². The summed E-state index contributed by atoms with van der Waals surface area (Å²) in [5, 5.41) is 9.41. The Hall–Kier alpha value is -2.01. The van der Waals surface area contributed by atoms with Crippen molar-refractivity contribution >= 4 is 15.7 Å². The third kappa shape index (κ3) is 2.77. The minimum absolute atomic E-state index is 0.0687. The Morgan fingerprint density at radius 3 is 2.30 bits per heavy atom. The summed E-state index contributed by atoms with van der Waals surface area (Å²) in [6.45, 7) is 2.04. The molecule has 0 aliphatic carbocycles. The molecule has 1 N–H and O–H groups in total. The molecular weight excluding hydrogens is 274 g/mol. The molecule has 20 heavy (non-hydrogen) atoms. The van der Waals surface area contributed by atoms with Gasteiger partial charge in [-0.25, -0.2) is 8.42 Å². The summed E-state index contributed by atoms with van der Waals surface area (Å²) >= 11 is 0. The van der Waals surface area contributed by atoms with Crippen LogP contribution >= 0.6 is 0 Å². The van der Waals surface area contributed by atoms with Crippen molar-refractivity contribution in [2.75, 3.05) is 11.4 Å². The molecule has 0 bridgehead atoms.